The van der Waals surface area contributed by atoms with Crippen molar-refractivity contribution in [2.24, 2.45) is 0 Å². The summed E-state index contributed by atoms with van der Waals surface area (Å²) in [6, 6.07) is 15.4. The Labute approximate surface area is 179 Å². The second-order valence-corrected chi connectivity index (χ2v) is 9.09. The van der Waals surface area contributed by atoms with Gasteiger partial charge < -0.3 is 15.2 Å². The molecule has 3 N–H and O–H groups in total. The number of halogens is 1. The van der Waals surface area contributed by atoms with Gasteiger partial charge in [-0.1, -0.05) is 24.3 Å². The van der Waals surface area contributed by atoms with Crippen LogP contribution in [0.2, 0.25) is 0 Å². The van der Waals surface area contributed by atoms with Crippen LogP contribution in [0.15, 0.2) is 48.5 Å². The maximum Gasteiger partial charge on any atom is 0.229 e. The second-order valence-electron chi connectivity index (χ2n) is 7.34. The number of rotatable bonds is 8. The number of anilines is 1. The summed E-state index contributed by atoms with van der Waals surface area (Å²) in [4.78, 5) is 0. The van der Waals surface area contributed by atoms with Crippen LogP contribution >= 0.6 is 12.4 Å². The zero-order valence-electron chi connectivity index (χ0n) is 16.5. The first kappa shape index (κ1) is 23.5. The maximum atomic E-state index is 11.5. The van der Waals surface area contributed by atoms with Gasteiger partial charge >= 0.3 is 0 Å². The van der Waals surface area contributed by atoms with Crippen molar-refractivity contribution in [3.05, 3.63) is 59.7 Å². The van der Waals surface area contributed by atoms with E-state index in [0.29, 0.717) is 12.2 Å². The van der Waals surface area contributed by atoms with Gasteiger partial charge in [-0.2, -0.15) is 0 Å². The molecule has 0 radical (unpaired) electrons. The highest BCUT2D eigenvalue weighted by Gasteiger charge is 2.18. The molecule has 0 saturated heterocycles. The fourth-order valence-electron chi connectivity index (χ4n) is 3.49. The van der Waals surface area contributed by atoms with E-state index in [2.05, 4.69) is 10.0 Å². The molecule has 6 nitrogen and oxygen atoms in total. The molecule has 0 aromatic heterocycles. The minimum Gasteiger partial charge on any atom is -0.491 e. The van der Waals surface area contributed by atoms with Crippen LogP contribution in [0, 0.1) is 0 Å². The summed E-state index contributed by atoms with van der Waals surface area (Å²) in [5, 5.41) is 13.7. The van der Waals surface area contributed by atoms with E-state index < -0.39 is 16.1 Å². The molecule has 160 valence electrons. The zero-order chi connectivity index (χ0) is 20.0. The Balaban J connectivity index is 0.00000300. The highest BCUT2D eigenvalue weighted by Crippen LogP contribution is 2.24. The molecular formula is C21H29ClN2O4S. The van der Waals surface area contributed by atoms with E-state index in [0.717, 1.165) is 43.3 Å². The molecule has 0 amide bonds. The van der Waals surface area contributed by atoms with Gasteiger partial charge in [0.1, 0.15) is 18.5 Å². The Morgan fingerprint density at radius 1 is 1.17 bits per heavy atom. The standard InChI is InChI=1S/C21H28N2O4S.ClH/c1-28(25,26)23-19-11-10-16-6-5-7-18(12-17(16)13-19)22-14-20(24)15-27-21-8-3-2-4-9-21;/h2-4,8-11,13,18,20,22-24H,5-7,12,14-15H2,1H3;1H/t18?,20-;/m0./s1. The molecule has 1 aliphatic carbocycles. The van der Waals surface area contributed by atoms with Crippen LogP contribution in [0.1, 0.15) is 24.0 Å². The first-order valence-electron chi connectivity index (χ1n) is 9.58. The van der Waals surface area contributed by atoms with Gasteiger partial charge in [0.25, 0.3) is 0 Å². The van der Waals surface area contributed by atoms with Crippen LogP contribution in [-0.4, -0.2) is 45.1 Å². The third kappa shape index (κ3) is 7.85. The molecule has 0 fully saturated rings. The summed E-state index contributed by atoms with van der Waals surface area (Å²) in [6.45, 7) is 0.691. The quantitative estimate of drug-likeness (QED) is 0.549. The van der Waals surface area contributed by atoms with Crippen molar-refractivity contribution in [3.63, 3.8) is 0 Å². The smallest absolute Gasteiger partial charge is 0.229 e. The van der Waals surface area contributed by atoms with E-state index in [1.54, 1.807) is 0 Å². The highest BCUT2D eigenvalue weighted by molar-refractivity contribution is 7.92. The summed E-state index contributed by atoms with van der Waals surface area (Å²) < 4.78 is 31.1. The molecule has 1 aliphatic rings. The Morgan fingerprint density at radius 3 is 2.66 bits per heavy atom. The zero-order valence-corrected chi connectivity index (χ0v) is 18.1. The summed E-state index contributed by atoms with van der Waals surface area (Å²) >= 11 is 0. The number of hydrogen-bond acceptors (Lipinski definition) is 5. The van der Waals surface area contributed by atoms with Gasteiger partial charge in [0.2, 0.25) is 10.0 Å². The molecule has 2 aromatic carbocycles. The molecule has 3 rings (SSSR count). The van der Waals surface area contributed by atoms with Gasteiger partial charge in [-0.05, 0) is 61.1 Å². The van der Waals surface area contributed by atoms with Crippen LogP contribution in [0.3, 0.4) is 0 Å². The molecule has 8 heteroatoms. The first-order valence-corrected chi connectivity index (χ1v) is 11.5. The molecule has 0 saturated carbocycles. The number of aryl methyl sites for hydroxylation is 1. The number of aliphatic hydroxyl groups is 1. The van der Waals surface area contributed by atoms with E-state index in [1.807, 2.05) is 48.5 Å². The molecule has 1 unspecified atom stereocenters. The number of para-hydroxylation sites is 1. The van der Waals surface area contributed by atoms with Crippen molar-refractivity contribution < 1.29 is 18.3 Å². The lowest BCUT2D eigenvalue weighted by Crippen LogP contribution is -2.39. The lowest BCUT2D eigenvalue weighted by atomic mass is 10.0. The largest absolute Gasteiger partial charge is 0.491 e. The SMILES string of the molecule is CS(=O)(=O)Nc1ccc2c(c1)CC(NC[C@H](O)COc1ccccc1)CCC2.Cl. The van der Waals surface area contributed by atoms with Crippen molar-refractivity contribution in [2.75, 3.05) is 24.1 Å². The van der Waals surface area contributed by atoms with Crippen molar-refractivity contribution in [2.45, 2.75) is 37.8 Å². The fraction of sp³-hybridized carbons (Fsp3) is 0.429. The van der Waals surface area contributed by atoms with E-state index in [1.165, 1.54) is 5.56 Å². The van der Waals surface area contributed by atoms with Crippen LogP contribution in [-0.2, 0) is 22.9 Å². The Morgan fingerprint density at radius 2 is 1.93 bits per heavy atom. The summed E-state index contributed by atoms with van der Waals surface area (Å²) in [7, 11) is -3.29. The van der Waals surface area contributed by atoms with E-state index in [4.69, 9.17) is 4.74 Å². The minimum atomic E-state index is -3.29. The van der Waals surface area contributed by atoms with E-state index in [9.17, 15) is 13.5 Å². The van der Waals surface area contributed by atoms with Crippen LogP contribution in [0.25, 0.3) is 0 Å². The monoisotopic (exact) mass is 440 g/mol. The molecule has 0 spiro atoms. The van der Waals surface area contributed by atoms with Crippen LogP contribution < -0.4 is 14.8 Å². The van der Waals surface area contributed by atoms with Gasteiger partial charge in [0, 0.05) is 18.3 Å². The Hall–Kier alpha value is -1.80. The van der Waals surface area contributed by atoms with Gasteiger partial charge in [-0.3, -0.25) is 4.72 Å². The number of ether oxygens (including phenoxy) is 1. The van der Waals surface area contributed by atoms with Gasteiger partial charge in [-0.15, -0.1) is 12.4 Å². The minimum absolute atomic E-state index is 0. The van der Waals surface area contributed by atoms with Gasteiger partial charge in [-0.25, -0.2) is 8.42 Å². The van der Waals surface area contributed by atoms with Crippen molar-refractivity contribution in [1.82, 2.24) is 5.32 Å². The number of nitrogens with one attached hydrogen (secondary N) is 2. The Bertz CT molecular complexity index is 878. The number of sulfonamides is 1. The average molecular weight is 441 g/mol. The number of fused-ring (bicyclic) bond motifs is 1. The lowest BCUT2D eigenvalue weighted by molar-refractivity contribution is 0.103. The topological polar surface area (TPSA) is 87.7 Å². The molecule has 2 atom stereocenters. The van der Waals surface area contributed by atoms with Gasteiger partial charge in [0.05, 0.1) is 6.26 Å². The normalized spacial score (nSPS) is 17.4. The molecule has 0 heterocycles. The lowest BCUT2D eigenvalue weighted by Gasteiger charge is -2.20. The third-order valence-electron chi connectivity index (χ3n) is 4.80. The molecular weight excluding hydrogens is 412 g/mol. The average Bonchev–Trinajstić information content (AvgIpc) is 2.85. The summed E-state index contributed by atoms with van der Waals surface area (Å²) in [5.41, 5.74) is 3.01. The Kier molecular flexibility index (Phi) is 8.77. The van der Waals surface area contributed by atoms with E-state index >= 15 is 0 Å². The molecule has 29 heavy (non-hydrogen) atoms. The number of benzene rings is 2. The molecule has 0 bridgehead atoms. The highest BCUT2D eigenvalue weighted by atomic mass is 35.5. The van der Waals surface area contributed by atoms with Crippen LogP contribution in [0.5, 0.6) is 5.75 Å². The summed E-state index contributed by atoms with van der Waals surface area (Å²) in [6.07, 6.45) is 4.41. The predicted molar refractivity (Wildman–Crippen MR) is 119 cm³/mol. The van der Waals surface area contributed by atoms with Crippen molar-refractivity contribution in [3.8, 4) is 5.75 Å². The third-order valence-corrected chi connectivity index (χ3v) is 5.41. The number of hydrogen-bond donors (Lipinski definition) is 3. The van der Waals surface area contributed by atoms with Crippen molar-refractivity contribution in [1.29, 1.82) is 0 Å². The molecule has 2 aromatic rings. The van der Waals surface area contributed by atoms with Crippen LogP contribution in [0.4, 0.5) is 5.69 Å². The van der Waals surface area contributed by atoms with Crippen molar-refractivity contribution >= 4 is 28.1 Å². The molecule has 0 aliphatic heterocycles. The number of aliphatic hydroxyl groups excluding tert-OH is 1. The fourth-order valence-corrected chi connectivity index (χ4v) is 4.04. The summed E-state index contributed by atoms with van der Waals surface area (Å²) in [5.74, 6) is 0.746. The van der Waals surface area contributed by atoms with Gasteiger partial charge in [0.15, 0.2) is 0 Å². The van der Waals surface area contributed by atoms with E-state index in [-0.39, 0.29) is 25.1 Å². The predicted octanol–water partition coefficient (Wildman–Crippen LogP) is 2.76. The maximum absolute atomic E-state index is 11.5. The first-order chi connectivity index (χ1) is 13.4. The second kappa shape index (κ2) is 10.8.